The van der Waals surface area contributed by atoms with Gasteiger partial charge in [-0.05, 0) is 30.9 Å². The van der Waals surface area contributed by atoms with Gasteiger partial charge >= 0.3 is 0 Å². The molecular weight excluding hydrogens is 280 g/mol. The highest BCUT2D eigenvalue weighted by atomic mass is 32.2. The molecule has 1 heterocycles. The third-order valence-corrected chi connectivity index (χ3v) is 4.28. The summed E-state index contributed by atoms with van der Waals surface area (Å²) in [6, 6.07) is 17.5. The van der Waals surface area contributed by atoms with Crippen LogP contribution in [0.15, 0.2) is 64.5 Å². The fraction of sp³-hybridized carbons (Fsp3) is 0.176. The summed E-state index contributed by atoms with van der Waals surface area (Å²) in [4.78, 5) is 17.5. The predicted octanol–water partition coefficient (Wildman–Crippen LogP) is 3.73. The molecular formula is C17H16N2OS. The zero-order chi connectivity index (χ0) is 14.8. The van der Waals surface area contributed by atoms with Crippen molar-refractivity contribution in [1.82, 2.24) is 9.55 Å². The SMILES string of the molecule is CSc1nc2ccccc2c(=O)n1[C@H](C)c1ccccc1. The van der Waals surface area contributed by atoms with Crippen molar-refractivity contribution in [3.8, 4) is 0 Å². The van der Waals surface area contributed by atoms with Gasteiger partial charge in [0.25, 0.3) is 5.56 Å². The Hall–Kier alpha value is -2.07. The summed E-state index contributed by atoms with van der Waals surface area (Å²) in [6.07, 6.45) is 1.95. The molecule has 0 saturated heterocycles. The van der Waals surface area contributed by atoms with Crippen LogP contribution < -0.4 is 5.56 Å². The van der Waals surface area contributed by atoms with E-state index >= 15 is 0 Å². The zero-order valence-corrected chi connectivity index (χ0v) is 12.8. The van der Waals surface area contributed by atoms with Gasteiger partial charge < -0.3 is 0 Å². The number of fused-ring (bicyclic) bond motifs is 1. The van der Waals surface area contributed by atoms with E-state index in [0.29, 0.717) is 5.39 Å². The quantitative estimate of drug-likeness (QED) is 0.545. The number of nitrogens with zero attached hydrogens (tertiary/aromatic N) is 2. The van der Waals surface area contributed by atoms with Gasteiger partial charge in [-0.3, -0.25) is 9.36 Å². The average Bonchev–Trinajstić information content (AvgIpc) is 2.55. The normalized spacial score (nSPS) is 12.5. The summed E-state index contributed by atoms with van der Waals surface area (Å²) < 4.78 is 1.78. The molecule has 0 spiro atoms. The van der Waals surface area contributed by atoms with Crippen LogP contribution in [0.1, 0.15) is 18.5 Å². The highest BCUT2D eigenvalue weighted by molar-refractivity contribution is 7.98. The molecule has 3 nitrogen and oxygen atoms in total. The van der Waals surface area contributed by atoms with E-state index in [9.17, 15) is 4.79 Å². The number of hydrogen-bond acceptors (Lipinski definition) is 3. The van der Waals surface area contributed by atoms with Crippen LogP contribution in [0.3, 0.4) is 0 Å². The molecule has 0 bridgehead atoms. The van der Waals surface area contributed by atoms with Crippen LogP contribution in [0.4, 0.5) is 0 Å². The van der Waals surface area contributed by atoms with Crippen molar-refractivity contribution >= 4 is 22.7 Å². The van der Waals surface area contributed by atoms with Crippen LogP contribution in [0.25, 0.3) is 10.9 Å². The molecule has 0 unspecified atom stereocenters. The van der Waals surface area contributed by atoms with E-state index in [0.717, 1.165) is 16.2 Å². The first-order valence-corrected chi connectivity index (χ1v) is 8.05. The lowest BCUT2D eigenvalue weighted by molar-refractivity contribution is 0.549. The van der Waals surface area contributed by atoms with Crippen LogP contribution in [0.2, 0.25) is 0 Å². The van der Waals surface area contributed by atoms with Crippen LogP contribution in [-0.2, 0) is 0 Å². The van der Waals surface area contributed by atoms with Gasteiger partial charge in [-0.15, -0.1) is 0 Å². The van der Waals surface area contributed by atoms with E-state index in [2.05, 4.69) is 4.98 Å². The minimum atomic E-state index is -0.0433. The Balaban J connectivity index is 2.26. The number of aromatic nitrogens is 2. The van der Waals surface area contributed by atoms with Gasteiger partial charge in [0.2, 0.25) is 0 Å². The number of hydrogen-bond donors (Lipinski definition) is 0. The third kappa shape index (κ3) is 2.47. The standard InChI is InChI=1S/C17H16N2OS/c1-12(13-8-4-3-5-9-13)19-16(20)14-10-6-7-11-15(14)18-17(19)21-2/h3-12H,1-2H3/t12-/m1/s1. The van der Waals surface area contributed by atoms with Crippen molar-refractivity contribution in [2.45, 2.75) is 18.1 Å². The van der Waals surface area contributed by atoms with E-state index < -0.39 is 0 Å². The molecule has 0 aliphatic rings. The molecule has 2 aromatic carbocycles. The van der Waals surface area contributed by atoms with Gasteiger partial charge in [0, 0.05) is 0 Å². The first-order chi connectivity index (χ1) is 10.2. The molecule has 4 heteroatoms. The van der Waals surface area contributed by atoms with Gasteiger partial charge in [-0.1, -0.05) is 54.2 Å². The number of rotatable bonds is 3. The topological polar surface area (TPSA) is 34.9 Å². The molecule has 21 heavy (non-hydrogen) atoms. The maximum Gasteiger partial charge on any atom is 0.262 e. The van der Waals surface area contributed by atoms with Gasteiger partial charge in [-0.25, -0.2) is 4.98 Å². The average molecular weight is 296 g/mol. The molecule has 1 aromatic heterocycles. The molecule has 0 saturated carbocycles. The lowest BCUT2D eigenvalue weighted by Crippen LogP contribution is -2.26. The Bertz CT molecular complexity index is 827. The highest BCUT2D eigenvalue weighted by Crippen LogP contribution is 2.23. The van der Waals surface area contributed by atoms with E-state index in [1.54, 1.807) is 4.57 Å². The second-order valence-electron chi connectivity index (χ2n) is 4.88. The first kappa shape index (κ1) is 13.9. The predicted molar refractivity (Wildman–Crippen MR) is 88.0 cm³/mol. The summed E-state index contributed by atoms with van der Waals surface area (Å²) in [7, 11) is 0. The number of benzene rings is 2. The van der Waals surface area contributed by atoms with Gasteiger partial charge in [0.1, 0.15) is 0 Å². The molecule has 3 rings (SSSR count). The summed E-state index contributed by atoms with van der Waals surface area (Å²) >= 11 is 1.50. The molecule has 0 aliphatic carbocycles. The molecule has 0 amide bonds. The minimum absolute atomic E-state index is 0.0151. The second kappa shape index (κ2) is 5.74. The molecule has 0 N–H and O–H groups in total. The van der Waals surface area contributed by atoms with Crippen molar-refractivity contribution in [3.05, 3.63) is 70.5 Å². The van der Waals surface area contributed by atoms with Crippen LogP contribution >= 0.6 is 11.8 Å². The zero-order valence-electron chi connectivity index (χ0n) is 12.0. The van der Waals surface area contributed by atoms with Crippen LogP contribution in [-0.4, -0.2) is 15.8 Å². The summed E-state index contributed by atoms with van der Waals surface area (Å²) in [6.45, 7) is 2.03. The molecule has 0 aliphatic heterocycles. The Kier molecular flexibility index (Phi) is 3.80. The number of thioether (sulfide) groups is 1. The molecule has 106 valence electrons. The summed E-state index contributed by atoms with van der Waals surface area (Å²) in [5.74, 6) is 0. The van der Waals surface area contributed by atoms with E-state index in [-0.39, 0.29) is 11.6 Å². The monoisotopic (exact) mass is 296 g/mol. The minimum Gasteiger partial charge on any atom is -0.280 e. The summed E-state index contributed by atoms with van der Waals surface area (Å²) in [5, 5.41) is 1.41. The highest BCUT2D eigenvalue weighted by Gasteiger charge is 2.16. The molecule has 0 fully saturated rings. The van der Waals surface area contributed by atoms with Crippen molar-refractivity contribution in [2.24, 2.45) is 0 Å². The van der Waals surface area contributed by atoms with Crippen molar-refractivity contribution < 1.29 is 0 Å². The number of para-hydroxylation sites is 1. The third-order valence-electron chi connectivity index (χ3n) is 3.63. The van der Waals surface area contributed by atoms with E-state index in [4.69, 9.17) is 0 Å². The van der Waals surface area contributed by atoms with Crippen molar-refractivity contribution in [3.63, 3.8) is 0 Å². The Morgan fingerprint density at radius 1 is 1.05 bits per heavy atom. The second-order valence-corrected chi connectivity index (χ2v) is 5.65. The lowest BCUT2D eigenvalue weighted by Gasteiger charge is -2.19. The van der Waals surface area contributed by atoms with Crippen LogP contribution in [0, 0.1) is 0 Å². The maximum absolute atomic E-state index is 12.8. The Labute approximate surface area is 127 Å². The maximum atomic E-state index is 12.8. The largest absolute Gasteiger partial charge is 0.280 e. The fourth-order valence-electron chi connectivity index (χ4n) is 2.49. The van der Waals surface area contributed by atoms with Gasteiger partial charge in [-0.2, -0.15) is 0 Å². The molecule has 1 atom stereocenters. The Morgan fingerprint density at radius 2 is 1.71 bits per heavy atom. The van der Waals surface area contributed by atoms with Crippen molar-refractivity contribution in [1.29, 1.82) is 0 Å². The van der Waals surface area contributed by atoms with Crippen LogP contribution in [0.5, 0.6) is 0 Å². The Morgan fingerprint density at radius 3 is 2.43 bits per heavy atom. The molecule has 0 radical (unpaired) electrons. The first-order valence-electron chi connectivity index (χ1n) is 6.82. The molecule has 3 aromatic rings. The van der Waals surface area contributed by atoms with Crippen molar-refractivity contribution in [2.75, 3.05) is 6.26 Å². The van der Waals surface area contributed by atoms with E-state index in [1.807, 2.05) is 67.8 Å². The van der Waals surface area contributed by atoms with Gasteiger partial charge in [0.05, 0.1) is 16.9 Å². The summed E-state index contributed by atoms with van der Waals surface area (Å²) in [5.41, 5.74) is 1.87. The smallest absolute Gasteiger partial charge is 0.262 e. The van der Waals surface area contributed by atoms with E-state index in [1.165, 1.54) is 11.8 Å². The van der Waals surface area contributed by atoms with Gasteiger partial charge in [0.15, 0.2) is 5.16 Å². The fourth-order valence-corrected chi connectivity index (χ4v) is 3.12. The lowest BCUT2D eigenvalue weighted by atomic mass is 10.1.